The van der Waals surface area contributed by atoms with E-state index in [0.29, 0.717) is 30.9 Å². The van der Waals surface area contributed by atoms with Gasteiger partial charge in [0.1, 0.15) is 11.9 Å². The van der Waals surface area contributed by atoms with E-state index in [0.717, 1.165) is 17.1 Å². The molecule has 2 aliphatic rings. The molecule has 1 N–H and O–H groups in total. The van der Waals surface area contributed by atoms with E-state index < -0.39 is 12.0 Å². The lowest BCUT2D eigenvalue weighted by atomic mass is 10.1. The van der Waals surface area contributed by atoms with Crippen molar-refractivity contribution in [2.24, 2.45) is 4.99 Å². The molecule has 0 bridgehead atoms. The highest BCUT2D eigenvalue weighted by Gasteiger charge is 2.37. The van der Waals surface area contributed by atoms with Crippen LogP contribution < -0.4 is 9.47 Å². The lowest BCUT2D eigenvalue weighted by Gasteiger charge is -2.29. The van der Waals surface area contributed by atoms with Gasteiger partial charge >= 0.3 is 5.97 Å². The van der Waals surface area contributed by atoms with E-state index in [9.17, 15) is 9.90 Å². The highest BCUT2D eigenvalue weighted by Crippen LogP contribution is 2.39. The molecule has 0 spiro atoms. The standard InChI is InChI=1S/C14H16N2O4/c1-19-11-5-8-7-16-10(14(17)18)3-4-13(16)15-9(8)6-12(11)20-2/h5-6,10H,3-4,7H2,1-2H3,(H,17,18)/t10-/m1/s1. The summed E-state index contributed by atoms with van der Waals surface area (Å²) in [7, 11) is 3.17. The zero-order valence-corrected chi connectivity index (χ0v) is 11.4. The molecule has 0 aliphatic carbocycles. The van der Waals surface area contributed by atoms with Crippen LogP contribution in [0.15, 0.2) is 17.1 Å². The van der Waals surface area contributed by atoms with Crippen molar-refractivity contribution in [3.05, 3.63) is 17.7 Å². The molecule has 0 radical (unpaired) electrons. The molecule has 0 saturated carbocycles. The molecule has 0 unspecified atom stereocenters. The maximum absolute atomic E-state index is 11.3. The minimum atomic E-state index is -0.792. The minimum Gasteiger partial charge on any atom is -0.493 e. The molecular weight excluding hydrogens is 260 g/mol. The van der Waals surface area contributed by atoms with E-state index >= 15 is 0 Å². The summed E-state index contributed by atoms with van der Waals surface area (Å²) in [6.45, 7) is 0.547. The first kappa shape index (κ1) is 12.8. The smallest absolute Gasteiger partial charge is 0.326 e. The number of ether oxygens (including phenoxy) is 2. The van der Waals surface area contributed by atoms with E-state index in [1.54, 1.807) is 14.2 Å². The average Bonchev–Trinajstić information content (AvgIpc) is 2.86. The van der Waals surface area contributed by atoms with Crippen LogP contribution in [0, 0.1) is 0 Å². The molecule has 2 aliphatic heterocycles. The number of amidine groups is 1. The van der Waals surface area contributed by atoms with Crippen LogP contribution in [0.3, 0.4) is 0 Å². The quantitative estimate of drug-likeness (QED) is 0.911. The largest absolute Gasteiger partial charge is 0.493 e. The Hall–Kier alpha value is -2.24. The summed E-state index contributed by atoms with van der Waals surface area (Å²) in [6.07, 6.45) is 1.31. The predicted molar refractivity (Wildman–Crippen MR) is 72.8 cm³/mol. The van der Waals surface area contributed by atoms with E-state index in [2.05, 4.69) is 4.99 Å². The van der Waals surface area contributed by atoms with Gasteiger partial charge in [-0.15, -0.1) is 0 Å². The van der Waals surface area contributed by atoms with Crippen LogP contribution in [0.2, 0.25) is 0 Å². The molecule has 0 amide bonds. The predicted octanol–water partition coefficient (Wildman–Crippen LogP) is 1.80. The van der Waals surface area contributed by atoms with E-state index in [4.69, 9.17) is 9.47 Å². The molecule has 20 heavy (non-hydrogen) atoms. The number of carboxylic acids is 1. The number of benzene rings is 1. The number of fused-ring (bicyclic) bond motifs is 2. The van der Waals surface area contributed by atoms with E-state index in [1.807, 2.05) is 17.0 Å². The Morgan fingerprint density at radius 2 is 2.05 bits per heavy atom. The average molecular weight is 276 g/mol. The maximum Gasteiger partial charge on any atom is 0.326 e. The maximum atomic E-state index is 11.3. The number of carbonyl (C=O) groups is 1. The van der Waals surface area contributed by atoms with Gasteiger partial charge in [-0.05, 0) is 12.5 Å². The second kappa shape index (κ2) is 4.70. The van der Waals surface area contributed by atoms with Crippen LogP contribution in [-0.2, 0) is 11.3 Å². The Morgan fingerprint density at radius 3 is 2.70 bits per heavy atom. The summed E-state index contributed by atoms with van der Waals surface area (Å²) in [5.41, 5.74) is 1.79. The van der Waals surface area contributed by atoms with Crippen LogP contribution in [0.4, 0.5) is 5.69 Å². The number of hydrogen-bond donors (Lipinski definition) is 1. The lowest BCUT2D eigenvalue weighted by molar-refractivity contribution is -0.141. The summed E-state index contributed by atoms with van der Waals surface area (Å²) in [5, 5.41) is 9.24. The van der Waals surface area contributed by atoms with Crippen LogP contribution in [0.1, 0.15) is 18.4 Å². The van der Waals surface area contributed by atoms with Gasteiger partial charge in [-0.25, -0.2) is 9.79 Å². The second-order valence-electron chi connectivity index (χ2n) is 4.88. The molecule has 1 atom stereocenters. The van der Waals surface area contributed by atoms with Gasteiger partial charge in [-0.1, -0.05) is 0 Å². The first-order chi connectivity index (χ1) is 9.63. The highest BCUT2D eigenvalue weighted by atomic mass is 16.5. The van der Waals surface area contributed by atoms with Gasteiger partial charge in [-0.2, -0.15) is 0 Å². The van der Waals surface area contributed by atoms with Crippen molar-refractivity contribution in [1.29, 1.82) is 0 Å². The summed E-state index contributed by atoms with van der Waals surface area (Å²) in [5.74, 6) is 1.32. The monoisotopic (exact) mass is 276 g/mol. The minimum absolute atomic E-state index is 0.477. The van der Waals surface area contributed by atoms with E-state index in [-0.39, 0.29) is 0 Å². The fourth-order valence-corrected chi connectivity index (χ4v) is 2.79. The molecule has 0 aromatic heterocycles. The Balaban J connectivity index is 2.01. The van der Waals surface area contributed by atoms with Gasteiger partial charge in [0.05, 0.1) is 19.9 Å². The highest BCUT2D eigenvalue weighted by molar-refractivity contribution is 5.94. The van der Waals surface area contributed by atoms with Crippen molar-refractivity contribution in [3.8, 4) is 11.5 Å². The van der Waals surface area contributed by atoms with Crippen LogP contribution in [-0.4, -0.2) is 42.1 Å². The third-order valence-electron chi connectivity index (χ3n) is 3.81. The molecule has 1 aromatic rings. The number of aliphatic carboxylic acids is 1. The molecular formula is C14H16N2O4. The fourth-order valence-electron chi connectivity index (χ4n) is 2.79. The normalized spacial score (nSPS) is 20.0. The van der Waals surface area contributed by atoms with Crippen molar-refractivity contribution in [2.75, 3.05) is 14.2 Å². The Morgan fingerprint density at radius 1 is 1.35 bits per heavy atom. The fraction of sp³-hybridized carbons (Fsp3) is 0.429. The molecule has 1 fully saturated rings. The zero-order valence-electron chi connectivity index (χ0n) is 11.4. The van der Waals surface area contributed by atoms with Gasteiger partial charge in [0.15, 0.2) is 11.5 Å². The van der Waals surface area contributed by atoms with Gasteiger partial charge in [0.25, 0.3) is 0 Å². The Bertz CT molecular complexity index is 597. The molecule has 6 heteroatoms. The van der Waals surface area contributed by atoms with E-state index in [1.165, 1.54) is 0 Å². The number of methoxy groups -OCH3 is 2. The molecule has 2 heterocycles. The topological polar surface area (TPSA) is 71.4 Å². The van der Waals surface area contributed by atoms with Gasteiger partial charge in [0, 0.05) is 24.6 Å². The third-order valence-corrected chi connectivity index (χ3v) is 3.81. The summed E-state index contributed by atoms with van der Waals surface area (Å²) >= 11 is 0. The number of hydrogen-bond acceptors (Lipinski definition) is 5. The number of nitrogens with zero attached hydrogens (tertiary/aromatic N) is 2. The lowest BCUT2D eigenvalue weighted by Crippen LogP contribution is -2.39. The first-order valence-electron chi connectivity index (χ1n) is 6.46. The Labute approximate surface area is 116 Å². The van der Waals surface area contributed by atoms with Crippen LogP contribution in [0.25, 0.3) is 0 Å². The summed E-state index contributed by atoms with van der Waals surface area (Å²) in [6, 6.07) is 3.23. The SMILES string of the molecule is COc1cc2c(cc1OC)N=C1CC[C@H](C(=O)O)N1C2. The second-order valence-corrected chi connectivity index (χ2v) is 4.88. The van der Waals surface area contributed by atoms with Crippen molar-refractivity contribution < 1.29 is 19.4 Å². The summed E-state index contributed by atoms with van der Waals surface area (Å²) < 4.78 is 10.6. The van der Waals surface area contributed by atoms with Gasteiger partial charge in [0.2, 0.25) is 0 Å². The van der Waals surface area contributed by atoms with Crippen molar-refractivity contribution in [2.45, 2.75) is 25.4 Å². The number of aliphatic imine (C=N–C) groups is 1. The van der Waals surface area contributed by atoms with Crippen LogP contribution in [0.5, 0.6) is 11.5 Å². The van der Waals surface area contributed by atoms with Gasteiger partial charge < -0.3 is 19.5 Å². The van der Waals surface area contributed by atoms with Crippen molar-refractivity contribution in [3.63, 3.8) is 0 Å². The molecule has 1 aromatic carbocycles. The summed E-state index contributed by atoms with van der Waals surface area (Å²) in [4.78, 5) is 17.7. The van der Waals surface area contributed by atoms with Crippen molar-refractivity contribution >= 4 is 17.5 Å². The molecule has 3 rings (SSSR count). The van der Waals surface area contributed by atoms with Crippen LogP contribution >= 0.6 is 0 Å². The molecule has 1 saturated heterocycles. The number of carboxylic acid groups (broad SMARTS) is 1. The number of rotatable bonds is 3. The first-order valence-corrected chi connectivity index (χ1v) is 6.46. The zero-order chi connectivity index (χ0) is 14.3. The Kier molecular flexibility index (Phi) is 3.00. The molecule has 6 nitrogen and oxygen atoms in total. The van der Waals surface area contributed by atoms with Gasteiger partial charge in [-0.3, -0.25) is 0 Å². The van der Waals surface area contributed by atoms with Crippen molar-refractivity contribution in [1.82, 2.24) is 4.90 Å². The third kappa shape index (κ3) is 1.88. The molecule has 106 valence electrons.